The Bertz CT molecular complexity index is 416. The van der Waals surface area contributed by atoms with E-state index in [0.717, 1.165) is 19.5 Å². The molecule has 17 heavy (non-hydrogen) atoms. The van der Waals surface area contributed by atoms with Gasteiger partial charge in [-0.25, -0.2) is 14.8 Å². The van der Waals surface area contributed by atoms with Crippen molar-refractivity contribution >= 4 is 11.8 Å². The highest BCUT2D eigenvalue weighted by Crippen LogP contribution is 2.19. The minimum Gasteiger partial charge on any atom is -0.463 e. The van der Waals surface area contributed by atoms with Crippen LogP contribution in [0.3, 0.4) is 0 Å². The van der Waals surface area contributed by atoms with Crippen molar-refractivity contribution in [1.82, 2.24) is 15.3 Å². The molecule has 2 heterocycles. The molecule has 0 spiro atoms. The summed E-state index contributed by atoms with van der Waals surface area (Å²) in [6.45, 7) is 3.98. The Kier molecular flexibility index (Phi) is 3.23. The van der Waals surface area contributed by atoms with Gasteiger partial charge >= 0.3 is 5.97 Å². The molecule has 1 aromatic heterocycles. The maximum Gasteiger partial charge on any atom is 0.376 e. The van der Waals surface area contributed by atoms with Crippen molar-refractivity contribution in [1.29, 1.82) is 0 Å². The van der Waals surface area contributed by atoms with Crippen LogP contribution in [0.25, 0.3) is 0 Å². The molecule has 0 radical (unpaired) electrons. The first kappa shape index (κ1) is 11.8. The summed E-state index contributed by atoms with van der Waals surface area (Å²) in [6.07, 6.45) is 2.57. The molecule has 0 amide bonds. The third kappa shape index (κ3) is 2.71. The van der Waals surface area contributed by atoms with Gasteiger partial charge in [0.25, 0.3) is 0 Å². The number of carbonyl (C=O) groups excluding carboxylic acids is 1. The summed E-state index contributed by atoms with van der Waals surface area (Å²) in [5.41, 5.74) is -0.0260. The number of hydrogen-bond acceptors (Lipinski definition) is 6. The van der Waals surface area contributed by atoms with Crippen LogP contribution in [0.1, 0.15) is 24.0 Å². The van der Waals surface area contributed by atoms with Crippen molar-refractivity contribution in [2.45, 2.75) is 18.9 Å². The second-order valence-electron chi connectivity index (χ2n) is 4.37. The number of esters is 1. The first-order chi connectivity index (χ1) is 8.13. The van der Waals surface area contributed by atoms with Crippen LogP contribution in [-0.2, 0) is 4.74 Å². The standard InChI is InChI=1S/C11H16N4O2/c1-11(4-6-12-7-11)15-8-3-5-13-9(14-8)10(16)17-2/h3,5,12H,4,6-7H2,1-2H3,(H,13,14,15). The molecule has 0 bridgehead atoms. The quantitative estimate of drug-likeness (QED) is 0.741. The SMILES string of the molecule is COC(=O)c1nccc(NC2(C)CCNC2)n1. The summed E-state index contributed by atoms with van der Waals surface area (Å²) in [5.74, 6) is 0.196. The fourth-order valence-corrected chi connectivity index (χ4v) is 1.85. The Morgan fingerprint density at radius 3 is 3.12 bits per heavy atom. The summed E-state index contributed by atoms with van der Waals surface area (Å²) in [5, 5.41) is 6.60. The molecule has 6 heteroatoms. The number of anilines is 1. The fourth-order valence-electron chi connectivity index (χ4n) is 1.85. The molecule has 2 N–H and O–H groups in total. The highest BCUT2D eigenvalue weighted by Gasteiger charge is 2.28. The zero-order valence-corrected chi connectivity index (χ0v) is 9.99. The Labute approximate surface area is 99.8 Å². The van der Waals surface area contributed by atoms with Crippen molar-refractivity contribution in [3.05, 3.63) is 18.1 Å². The number of carbonyl (C=O) groups is 1. The van der Waals surface area contributed by atoms with Crippen LogP contribution in [0.5, 0.6) is 0 Å². The number of nitrogens with zero attached hydrogens (tertiary/aromatic N) is 2. The van der Waals surface area contributed by atoms with Crippen molar-refractivity contribution < 1.29 is 9.53 Å². The van der Waals surface area contributed by atoms with Crippen LogP contribution in [0, 0.1) is 0 Å². The van der Waals surface area contributed by atoms with E-state index in [4.69, 9.17) is 0 Å². The fraction of sp³-hybridized carbons (Fsp3) is 0.545. The van der Waals surface area contributed by atoms with E-state index < -0.39 is 5.97 Å². The third-order valence-corrected chi connectivity index (χ3v) is 2.82. The molecule has 1 aliphatic rings. The highest BCUT2D eigenvalue weighted by molar-refractivity contribution is 5.85. The zero-order valence-electron chi connectivity index (χ0n) is 9.99. The van der Waals surface area contributed by atoms with E-state index in [0.29, 0.717) is 5.82 Å². The summed E-state index contributed by atoms with van der Waals surface area (Å²) < 4.78 is 4.58. The van der Waals surface area contributed by atoms with E-state index in [9.17, 15) is 4.79 Å². The summed E-state index contributed by atoms with van der Waals surface area (Å²) in [6, 6.07) is 1.75. The topological polar surface area (TPSA) is 76.1 Å². The zero-order chi connectivity index (χ0) is 12.3. The minimum absolute atomic E-state index is 0.0260. The van der Waals surface area contributed by atoms with Gasteiger partial charge in [0, 0.05) is 18.3 Å². The van der Waals surface area contributed by atoms with Gasteiger partial charge in [0.15, 0.2) is 0 Å². The third-order valence-electron chi connectivity index (χ3n) is 2.82. The molecule has 0 saturated carbocycles. The van der Waals surface area contributed by atoms with Crippen LogP contribution in [0.4, 0.5) is 5.82 Å². The molecule has 1 aromatic rings. The lowest BCUT2D eigenvalue weighted by Crippen LogP contribution is -2.37. The van der Waals surface area contributed by atoms with Crippen LogP contribution in [0.2, 0.25) is 0 Å². The predicted molar refractivity (Wildman–Crippen MR) is 62.9 cm³/mol. The Morgan fingerprint density at radius 1 is 1.65 bits per heavy atom. The smallest absolute Gasteiger partial charge is 0.376 e. The Balaban J connectivity index is 2.13. The lowest BCUT2D eigenvalue weighted by atomic mass is 10.0. The second kappa shape index (κ2) is 4.67. The number of ether oxygens (including phenoxy) is 1. The predicted octanol–water partition coefficient (Wildman–Crippen LogP) is 0.427. The molecular weight excluding hydrogens is 220 g/mol. The Hall–Kier alpha value is -1.69. The van der Waals surface area contributed by atoms with Crippen molar-refractivity contribution in [2.24, 2.45) is 0 Å². The molecule has 1 atom stereocenters. The van der Waals surface area contributed by atoms with E-state index >= 15 is 0 Å². The molecule has 0 aromatic carbocycles. The van der Waals surface area contributed by atoms with Gasteiger partial charge in [-0.1, -0.05) is 0 Å². The first-order valence-corrected chi connectivity index (χ1v) is 5.53. The number of hydrogen-bond donors (Lipinski definition) is 2. The molecule has 1 saturated heterocycles. The van der Waals surface area contributed by atoms with Crippen molar-refractivity contribution in [2.75, 3.05) is 25.5 Å². The van der Waals surface area contributed by atoms with Crippen molar-refractivity contribution in [3.63, 3.8) is 0 Å². The van der Waals surface area contributed by atoms with Gasteiger partial charge in [-0.05, 0) is 26.0 Å². The highest BCUT2D eigenvalue weighted by atomic mass is 16.5. The van der Waals surface area contributed by atoms with Gasteiger partial charge in [-0.3, -0.25) is 0 Å². The van der Waals surface area contributed by atoms with Gasteiger partial charge in [0.1, 0.15) is 5.82 Å². The first-order valence-electron chi connectivity index (χ1n) is 5.53. The van der Waals surface area contributed by atoms with E-state index in [1.807, 2.05) is 0 Å². The van der Waals surface area contributed by atoms with E-state index in [2.05, 4.69) is 32.3 Å². The van der Waals surface area contributed by atoms with Crippen LogP contribution in [0.15, 0.2) is 12.3 Å². The molecule has 6 nitrogen and oxygen atoms in total. The normalized spacial score (nSPS) is 23.4. The van der Waals surface area contributed by atoms with Gasteiger partial charge < -0.3 is 15.4 Å². The average Bonchev–Trinajstić information content (AvgIpc) is 2.75. The van der Waals surface area contributed by atoms with Crippen LogP contribution in [-0.4, -0.2) is 41.7 Å². The molecular formula is C11H16N4O2. The number of aromatic nitrogens is 2. The van der Waals surface area contributed by atoms with E-state index in [-0.39, 0.29) is 11.4 Å². The van der Waals surface area contributed by atoms with Gasteiger partial charge in [0.2, 0.25) is 5.82 Å². The van der Waals surface area contributed by atoms with E-state index in [1.54, 1.807) is 12.3 Å². The van der Waals surface area contributed by atoms with Gasteiger partial charge in [-0.2, -0.15) is 0 Å². The van der Waals surface area contributed by atoms with Gasteiger partial charge in [0.05, 0.1) is 7.11 Å². The summed E-state index contributed by atoms with van der Waals surface area (Å²) in [7, 11) is 1.31. The van der Waals surface area contributed by atoms with Crippen LogP contribution < -0.4 is 10.6 Å². The summed E-state index contributed by atoms with van der Waals surface area (Å²) >= 11 is 0. The van der Waals surface area contributed by atoms with Gasteiger partial charge in [-0.15, -0.1) is 0 Å². The summed E-state index contributed by atoms with van der Waals surface area (Å²) in [4.78, 5) is 19.3. The van der Waals surface area contributed by atoms with Crippen molar-refractivity contribution in [3.8, 4) is 0 Å². The lowest BCUT2D eigenvalue weighted by Gasteiger charge is -2.25. The average molecular weight is 236 g/mol. The number of rotatable bonds is 3. The Morgan fingerprint density at radius 2 is 2.47 bits per heavy atom. The van der Waals surface area contributed by atoms with E-state index in [1.165, 1.54) is 7.11 Å². The second-order valence-corrected chi connectivity index (χ2v) is 4.37. The molecule has 92 valence electrons. The maximum atomic E-state index is 11.3. The molecule has 1 unspecified atom stereocenters. The largest absolute Gasteiger partial charge is 0.463 e. The number of nitrogens with one attached hydrogen (secondary N) is 2. The maximum absolute atomic E-state index is 11.3. The lowest BCUT2D eigenvalue weighted by molar-refractivity contribution is 0.0587. The monoisotopic (exact) mass is 236 g/mol. The molecule has 1 fully saturated rings. The minimum atomic E-state index is -0.525. The molecule has 2 rings (SSSR count). The number of methoxy groups -OCH3 is 1. The van der Waals surface area contributed by atoms with Crippen LogP contribution >= 0.6 is 0 Å². The molecule has 0 aliphatic carbocycles. The molecule has 1 aliphatic heterocycles.